The van der Waals surface area contributed by atoms with Crippen LogP contribution in [0.15, 0.2) is 21.9 Å². The van der Waals surface area contributed by atoms with Gasteiger partial charge in [0.2, 0.25) is 0 Å². The SMILES string of the molecule is COCCSc1sc2nc(-c3nc(C=O)cs3)cc(-c3cnc(C)n3C)c2c1N. The zero-order valence-electron chi connectivity index (χ0n) is 16.1. The first-order chi connectivity index (χ1) is 14.0. The van der Waals surface area contributed by atoms with Gasteiger partial charge in [-0.15, -0.1) is 34.4 Å². The second-order valence-electron chi connectivity index (χ2n) is 6.32. The second-order valence-corrected chi connectivity index (χ2v) is 9.55. The number of rotatable bonds is 7. The van der Waals surface area contributed by atoms with Gasteiger partial charge in [-0.3, -0.25) is 4.79 Å². The third-order valence-corrected chi connectivity index (χ3v) is 7.78. The number of carbonyl (C=O) groups excluding carboxylic acids is 1. The fraction of sp³-hybridized carbons (Fsp3) is 0.263. The standard InChI is InChI=1S/C19H19N5O2S3/c1-10-21-7-14(24(10)2)12-6-13(17-22-11(8-25)9-28-17)23-18-15(12)16(20)19(29-18)27-5-4-26-3/h6-9H,4-5,20H2,1-3H3. The van der Waals surface area contributed by atoms with Gasteiger partial charge in [0, 0.05) is 36.2 Å². The van der Waals surface area contributed by atoms with E-state index >= 15 is 0 Å². The van der Waals surface area contributed by atoms with Crippen LogP contribution in [0, 0.1) is 6.92 Å². The predicted octanol–water partition coefficient (Wildman–Crippen LogP) is 4.26. The molecule has 29 heavy (non-hydrogen) atoms. The van der Waals surface area contributed by atoms with Gasteiger partial charge in [-0.2, -0.15) is 0 Å². The van der Waals surface area contributed by atoms with Crippen LogP contribution >= 0.6 is 34.4 Å². The number of aromatic nitrogens is 4. The summed E-state index contributed by atoms with van der Waals surface area (Å²) in [6, 6.07) is 1.99. The number of carbonyl (C=O) groups is 1. The largest absolute Gasteiger partial charge is 0.397 e. The van der Waals surface area contributed by atoms with Gasteiger partial charge in [0.15, 0.2) is 6.29 Å². The van der Waals surface area contributed by atoms with E-state index in [9.17, 15) is 4.79 Å². The molecule has 0 amide bonds. The molecular weight excluding hydrogens is 426 g/mol. The van der Waals surface area contributed by atoms with E-state index in [2.05, 4.69) is 9.97 Å². The highest BCUT2D eigenvalue weighted by atomic mass is 32.2. The number of nitrogens with two attached hydrogens (primary N) is 1. The van der Waals surface area contributed by atoms with Gasteiger partial charge < -0.3 is 15.0 Å². The molecule has 0 aliphatic rings. The lowest BCUT2D eigenvalue weighted by Crippen LogP contribution is -1.97. The zero-order valence-corrected chi connectivity index (χ0v) is 18.6. The highest BCUT2D eigenvalue weighted by Gasteiger charge is 2.21. The number of ether oxygens (including phenoxy) is 1. The average molecular weight is 446 g/mol. The number of imidazole rings is 1. The Morgan fingerprint density at radius 3 is 2.86 bits per heavy atom. The first kappa shape index (κ1) is 20.0. The highest BCUT2D eigenvalue weighted by Crippen LogP contribution is 2.45. The molecule has 2 N–H and O–H groups in total. The number of nitrogens with zero attached hydrogens (tertiary/aromatic N) is 4. The van der Waals surface area contributed by atoms with Gasteiger partial charge in [0.1, 0.15) is 27.1 Å². The number of aryl methyl sites for hydroxylation is 1. The number of thioether (sulfide) groups is 1. The summed E-state index contributed by atoms with van der Waals surface area (Å²) in [6.07, 6.45) is 2.60. The number of methoxy groups -OCH3 is 1. The third kappa shape index (κ3) is 3.68. The number of thiazole rings is 1. The van der Waals surface area contributed by atoms with E-state index in [4.69, 9.17) is 15.5 Å². The van der Waals surface area contributed by atoms with Crippen LogP contribution in [0.25, 0.3) is 32.2 Å². The Morgan fingerprint density at radius 2 is 2.21 bits per heavy atom. The number of fused-ring (bicyclic) bond motifs is 1. The molecule has 150 valence electrons. The van der Waals surface area contributed by atoms with E-state index < -0.39 is 0 Å². The Kier molecular flexibility index (Phi) is 5.68. The summed E-state index contributed by atoms with van der Waals surface area (Å²) < 4.78 is 8.22. The minimum absolute atomic E-state index is 0.409. The molecule has 0 saturated carbocycles. The summed E-state index contributed by atoms with van der Waals surface area (Å²) in [7, 11) is 3.67. The fourth-order valence-electron chi connectivity index (χ4n) is 2.95. The molecule has 0 bridgehead atoms. The Bertz CT molecular complexity index is 1190. The minimum atomic E-state index is 0.409. The maximum Gasteiger partial charge on any atom is 0.169 e. The van der Waals surface area contributed by atoms with Crippen molar-refractivity contribution in [2.45, 2.75) is 11.1 Å². The smallest absolute Gasteiger partial charge is 0.169 e. The molecule has 0 aliphatic carbocycles. The summed E-state index contributed by atoms with van der Waals surface area (Å²) >= 11 is 4.63. The van der Waals surface area contributed by atoms with Crippen molar-refractivity contribution in [1.29, 1.82) is 0 Å². The third-order valence-electron chi connectivity index (χ3n) is 4.54. The number of pyridine rings is 1. The molecule has 0 saturated heterocycles. The molecule has 7 nitrogen and oxygen atoms in total. The molecule has 4 aromatic rings. The molecule has 4 aromatic heterocycles. The number of thiophene rings is 1. The number of hydrogen-bond acceptors (Lipinski definition) is 9. The minimum Gasteiger partial charge on any atom is -0.397 e. The van der Waals surface area contributed by atoms with Crippen molar-refractivity contribution >= 4 is 56.6 Å². The molecule has 0 atom stereocenters. The normalized spacial score (nSPS) is 11.4. The number of hydrogen-bond donors (Lipinski definition) is 1. The Hall–Kier alpha value is -2.27. The van der Waals surface area contributed by atoms with Gasteiger partial charge >= 0.3 is 0 Å². The molecule has 0 aliphatic heterocycles. The first-order valence-electron chi connectivity index (χ1n) is 8.78. The molecule has 10 heteroatoms. The average Bonchev–Trinajstić information content (AvgIpc) is 3.41. The van der Waals surface area contributed by atoms with Crippen molar-refractivity contribution in [2.24, 2.45) is 7.05 Å². The highest BCUT2D eigenvalue weighted by molar-refractivity contribution is 8.01. The molecule has 0 spiro atoms. The van der Waals surface area contributed by atoms with Crippen LogP contribution in [-0.2, 0) is 11.8 Å². The van der Waals surface area contributed by atoms with E-state index in [0.29, 0.717) is 17.3 Å². The Balaban J connectivity index is 1.93. The molecular formula is C19H19N5O2S3. The fourth-order valence-corrected chi connectivity index (χ4v) is 5.94. The molecule has 0 unspecified atom stereocenters. The number of anilines is 1. The lowest BCUT2D eigenvalue weighted by molar-refractivity contribution is 0.111. The molecule has 4 heterocycles. The van der Waals surface area contributed by atoms with Gasteiger partial charge in [0.05, 0.1) is 28.4 Å². The van der Waals surface area contributed by atoms with Crippen LogP contribution in [0.5, 0.6) is 0 Å². The predicted molar refractivity (Wildman–Crippen MR) is 120 cm³/mol. The van der Waals surface area contributed by atoms with Crippen molar-refractivity contribution < 1.29 is 9.53 Å². The van der Waals surface area contributed by atoms with Crippen LogP contribution in [0.2, 0.25) is 0 Å². The summed E-state index contributed by atoms with van der Waals surface area (Å²) in [5, 5.41) is 3.36. The van der Waals surface area contributed by atoms with Crippen molar-refractivity contribution in [2.75, 3.05) is 25.2 Å². The van der Waals surface area contributed by atoms with Gasteiger partial charge in [0.25, 0.3) is 0 Å². The Labute approximate surface area is 180 Å². The lowest BCUT2D eigenvalue weighted by Gasteiger charge is -2.08. The maximum atomic E-state index is 11.1. The van der Waals surface area contributed by atoms with Crippen LogP contribution in [0.1, 0.15) is 16.3 Å². The summed E-state index contributed by atoms with van der Waals surface area (Å²) in [6.45, 7) is 2.61. The van der Waals surface area contributed by atoms with Crippen LogP contribution in [0.4, 0.5) is 5.69 Å². The summed E-state index contributed by atoms with van der Waals surface area (Å²) in [5.41, 5.74) is 10.3. The van der Waals surface area contributed by atoms with Crippen LogP contribution in [0.3, 0.4) is 0 Å². The topological polar surface area (TPSA) is 95.9 Å². The van der Waals surface area contributed by atoms with Crippen LogP contribution < -0.4 is 5.73 Å². The molecule has 0 fully saturated rings. The Morgan fingerprint density at radius 1 is 1.38 bits per heavy atom. The van der Waals surface area contributed by atoms with Crippen molar-refractivity contribution in [3.05, 3.63) is 29.2 Å². The van der Waals surface area contributed by atoms with E-state index in [0.717, 1.165) is 54.9 Å². The quantitative estimate of drug-likeness (QED) is 0.258. The van der Waals surface area contributed by atoms with Crippen molar-refractivity contribution in [3.8, 4) is 22.0 Å². The monoisotopic (exact) mass is 445 g/mol. The van der Waals surface area contributed by atoms with Crippen molar-refractivity contribution in [3.63, 3.8) is 0 Å². The molecule has 4 rings (SSSR count). The van der Waals surface area contributed by atoms with E-state index in [1.165, 1.54) is 11.3 Å². The maximum absolute atomic E-state index is 11.1. The van der Waals surface area contributed by atoms with Crippen LogP contribution in [-0.4, -0.2) is 45.3 Å². The van der Waals surface area contributed by atoms with Crippen molar-refractivity contribution in [1.82, 2.24) is 19.5 Å². The van der Waals surface area contributed by atoms with E-state index in [1.54, 1.807) is 35.6 Å². The second kappa shape index (κ2) is 8.23. The van der Waals surface area contributed by atoms with Gasteiger partial charge in [-0.25, -0.2) is 15.0 Å². The zero-order chi connectivity index (χ0) is 20.5. The van der Waals surface area contributed by atoms with E-state index in [1.807, 2.05) is 30.8 Å². The molecule has 0 radical (unpaired) electrons. The summed E-state index contributed by atoms with van der Waals surface area (Å²) in [4.78, 5) is 25.5. The molecule has 0 aromatic carbocycles. The number of aldehydes is 1. The summed E-state index contributed by atoms with van der Waals surface area (Å²) in [5.74, 6) is 1.72. The van der Waals surface area contributed by atoms with E-state index in [-0.39, 0.29) is 0 Å². The first-order valence-corrected chi connectivity index (χ1v) is 11.5. The number of nitrogen functional groups attached to an aromatic ring is 1. The lowest BCUT2D eigenvalue weighted by atomic mass is 10.1. The van der Waals surface area contributed by atoms with Gasteiger partial charge in [-0.05, 0) is 13.0 Å². The van der Waals surface area contributed by atoms with Gasteiger partial charge in [-0.1, -0.05) is 0 Å².